The van der Waals surface area contributed by atoms with Crippen molar-refractivity contribution in [2.45, 2.75) is 6.42 Å². The molecule has 6 nitrogen and oxygen atoms in total. The molecular weight excluding hydrogens is 292 g/mol. The first-order valence-electron chi connectivity index (χ1n) is 6.58. The fourth-order valence-corrected chi connectivity index (χ4v) is 2.17. The van der Waals surface area contributed by atoms with Gasteiger partial charge in [-0.05, 0) is 42.7 Å². The number of urea groups is 1. The first-order chi connectivity index (χ1) is 10.1. The van der Waals surface area contributed by atoms with Crippen LogP contribution >= 0.6 is 11.8 Å². The highest BCUT2D eigenvalue weighted by atomic mass is 32.2. The van der Waals surface area contributed by atoms with Crippen LogP contribution in [0.3, 0.4) is 0 Å². The molecule has 0 unspecified atom stereocenters. The number of carbonyl (C=O) groups excluding carboxylic acids is 1. The third kappa shape index (κ3) is 5.65. The largest absolute Gasteiger partial charge is 0.478 e. The van der Waals surface area contributed by atoms with Gasteiger partial charge in [-0.15, -0.1) is 0 Å². The van der Waals surface area contributed by atoms with Crippen molar-refractivity contribution in [1.29, 1.82) is 0 Å². The molecule has 0 atom stereocenters. The molecule has 0 spiro atoms. The molecule has 0 radical (unpaired) electrons. The van der Waals surface area contributed by atoms with E-state index >= 15 is 0 Å². The Balaban J connectivity index is 2.71. The van der Waals surface area contributed by atoms with E-state index in [9.17, 15) is 9.59 Å². The number of carbonyl (C=O) groups is 2. The number of hydrogen-bond acceptors (Lipinski definition) is 4. The lowest BCUT2D eigenvalue weighted by molar-refractivity contribution is 0.0697. The number of benzene rings is 1. The predicted octanol–water partition coefficient (Wildman–Crippen LogP) is 1.65. The van der Waals surface area contributed by atoms with Crippen LogP contribution in [0.25, 0.3) is 0 Å². The highest BCUT2D eigenvalue weighted by molar-refractivity contribution is 7.98. The molecule has 2 amide bonds. The molecule has 1 aromatic rings. The molecule has 0 bridgehead atoms. The highest BCUT2D eigenvalue weighted by Gasteiger charge is 2.15. The van der Waals surface area contributed by atoms with Gasteiger partial charge in [0.25, 0.3) is 0 Å². The van der Waals surface area contributed by atoms with E-state index in [-0.39, 0.29) is 24.7 Å². The third-order valence-electron chi connectivity index (χ3n) is 2.80. The summed E-state index contributed by atoms with van der Waals surface area (Å²) in [5.41, 5.74) is 0.708. The summed E-state index contributed by atoms with van der Waals surface area (Å²) in [6, 6.07) is 5.68. The van der Waals surface area contributed by atoms with Crippen molar-refractivity contribution in [1.82, 2.24) is 5.32 Å². The standard InChI is InChI=1S/C14H20N2O4S/c1-21-10-2-7-15-14(20)16(8-9-17)12-5-3-11(4-6-12)13(18)19/h3-6,17H,2,7-10H2,1H3,(H,15,20)(H,18,19). The zero-order valence-electron chi connectivity index (χ0n) is 11.9. The molecule has 116 valence electrons. The maximum absolute atomic E-state index is 12.1. The van der Waals surface area contributed by atoms with Crippen molar-refractivity contribution in [3.63, 3.8) is 0 Å². The number of carboxylic acids is 1. The number of thioether (sulfide) groups is 1. The van der Waals surface area contributed by atoms with Gasteiger partial charge in [0.1, 0.15) is 0 Å². The van der Waals surface area contributed by atoms with Crippen LogP contribution in [-0.4, -0.2) is 53.9 Å². The van der Waals surface area contributed by atoms with Crippen molar-refractivity contribution >= 4 is 29.4 Å². The van der Waals surface area contributed by atoms with Crippen molar-refractivity contribution in [3.8, 4) is 0 Å². The third-order valence-corrected chi connectivity index (χ3v) is 3.49. The molecule has 0 saturated carbocycles. The van der Waals surface area contributed by atoms with Gasteiger partial charge in [-0.3, -0.25) is 4.90 Å². The number of carboxylic acid groups (broad SMARTS) is 1. The molecule has 0 saturated heterocycles. The number of aliphatic hydroxyl groups excluding tert-OH is 1. The Labute approximate surface area is 128 Å². The van der Waals surface area contributed by atoms with Gasteiger partial charge in [-0.1, -0.05) is 0 Å². The lowest BCUT2D eigenvalue weighted by Crippen LogP contribution is -2.42. The minimum atomic E-state index is -1.02. The van der Waals surface area contributed by atoms with Crippen molar-refractivity contribution < 1.29 is 19.8 Å². The number of rotatable bonds is 8. The van der Waals surface area contributed by atoms with Gasteiger partial charge in [-0.25, -0.2) is 9.59 Å². The molecule has 0 fully saturated rings. The van der Waals surface area contributed by atoms with Crippen LogP contribution in [0.5, 0.6) is 0 Å². The average Bonchev–Trinajstić information content (AvgIpc) is 2.49. The van der Waals surface area contributed by atoms with Crippen molar-refractivity contribution in [2.24, 2.45) is 0 Å². The van der Waals surface area contributed by atoms with E-state index in [4.69, 9.17) is 10.2 Å². The fraction of sp³-hybridized carbons (Fsp3) is 0.429. The Morgan fingerprint density at radius 1 is 1.29 bits per heavy atom. The first kappa shape index (κ1) is 17.3. The van der Waals surface area contributed by atoms with Crippen LogP contribution < -0.4 is 10.2 Å². The average molecular weight is 312 g/mol. The summed E-state index contributed by atoms with van der Waals surface area (Å²) in [6.45, 7) is 0.550. The molecular formula is C14H20N2O4S. The van der Waals surface area contributed by atoms with E-state index in [1.54, 1.807) is 23.9 Å². The van der Waals surface area contributed by atoms with E-state index in [0.717, 1.165) is 12.2 Å². The Hall–Kier alpha value is -1.73. The van der Waals surface area contributed by atoms with Crippen LogP contribution in [0.4, 0.5) is 10.5 Å². The van der Waals surface area contributed by atoms with Gasteiger partial charge < -0.3 is 15.5 Å². The smallest absolute Gasteiger partial charge is 0.335 e. The van der Waals surface area contributed by atoms with E-state index < -0.39 is 5.97 Å². The summed E-state index contributed by atoms with van der Waals surface area (Å²) in [7, 11) is 0. The quantitative estimate of drug-likeness (QED) is 0.635. The molecule has 0 aromatic heterocycles. The van der Waals surface area contributed by atoms with Crippen LogP contribution in [0.2, 0.25) is 0 Å². The van der Waals surface area contributed by atoms with Gasteiger partial charge in [0.2, 0.25) is 0 Å². The summed E-state index contributed by atoms with van der Waals surface area (Å²) in [5, 5.41) is 20.7. The number of anilines is 1. The Morgan fingerprint density at radius 3 is 2.48 bits per heavy atom. The normalized spacial score (nSPS) is 10.2. The predicted molar refractivity (Wildman–Crippen MR) is 84.2 cm³/mol. The lowest BCUT2D eigenvalue weighted by atomic mass is 10.2. The van der Waals surface area contributed by atoms with Gasteiger partial charge >= 0.3 is 12.0 Å². The van der Waals surface area contributed by atoms with Crippen molar-refractivity contribution in [2.75, 3.05) is 36.6 Å². The zero-order chi connectivity index (χ0) is 15.7. The maximum Gasteiger partial charge on any atom is 0.335 e. The molecule has 0 aliphatic rings. The number of nitrogens with zero attached hydrogens (tertiary/aromatic N) is 1. The topological polar surface area (TPSA) is 89.9 Å². The van der Waals surface area contributed by atoms with E-state index in [1.807, 2.05) is 6.26 Å². The monoisotopic (exact) mass is 312 g/mol. The number of amides is 2. The molecule has 1 aromatic carbocycles. The van der Waals surface area contributed by atoms with E-state index in [1.165, 1.54) is 17.0 Å². The number of aliphatic hydroxyl groups is 1. The van der Waals surface area contributed by atoms with Gasteiger partial charge in [0, 0.05) is 12.2 Å². The number of aromatic carboxylic acids is 1. The fourth-order valence-electron chi connectivity index (χ4n) is 1.74. The lowest BCUT2D eigenvalue weighted by Gasteiger charge is -2.22. The van der Waals surface area contributed by atoms with Crippen LogP contribution in [0.15, 0.2) is 24.3 Å². The van der Waals surface area contributed by atoms with E-state index in [0.29, 0.717) is 12.2 Å². The molecule has 7 heteroatoms. The van der Waals surface area contributed by atoms with Gasteiger partial charge in [0.15, 0.2) is 0 Å². The minimum absolute atomic E-state index is 0.154. The molecule has 0 aliphatic heterocycles. The Morgan fingerprint density at radius 2 is 1.95 bits per heavy atom. The summed E-state index contributed by atoms with van der Waals surface area (Å²) < 4.78 is 0. The van der Waals surface area contributed by atoms with Crippen molar-refractivity contribution in [3.05, 3.63) is 29.8 Å². The number of nitrogens with one attached hydrogen (secondary N) is 1. The molecule has 3 N–H and O–H groups in total. The molecule has 21 heavy (non-hydrogen) atoms. The zero-order valence-corrected chi connectivity index (χ0v) is 12.7. The molecule has 0 heterocycles. The summed E-state index contributed by atoms with van der Waals surface area (Å²) in [5.74, 6) is -0.0510. The number of hydrogen-bond donors (Lipinski definition) is 3. The van der Waals surface area contributed by atoms with E-state index in [2.05, 4.69) is 5.32 Å². The summed E-state index contributed by atoms with van der Waals surface area (Å²) in [6.07, 6.45) is 2.88. The van der Waals surface area contributed by atoms with Crippen LogP contribution in [0.1, 0.15) is 16.8 Å². The second kappa shape index (κ2) is 9.25. The summed E-state index contributed by atoms with van der Waals surface area (Å²) >= 11 is 1.71. The van der Waals surface area contributed by atoms with Gasteiger partial charge in [0.05, 0.1) is 18.7 Å². The van der Waals surface area contributed by atoms with Gasteiger partial charge in [-0.2, -0.15) is 11.8 Å². The summed E-state index contributed by atoms with van der Waals surface area (Å²) in [4.78, 5) is 24.3. The highest BCUT2D eigenvalue weighted by Crippen LogP contribution is 2.15. The van der Waals surface area contributed by atoms with Crippen LogP contribution in [0, 0.1) is 0 Å². The second-order valence-electron chi connectivity index (χ2n) is 4.31. The Bertz CT molecular complexity index is 465. The second-order valence-corrected chi connectivity index (χ2v) is 5.29. The SMILES string of the molecule is CSCCCNC(=O)N(CCO)c1ccc(C(=O)O)cc1. The first-order valence-corrected chi connectivity index (χ1v) is 7.98. The molecule has 1 rings (SSSR count). The maximum atomic E-state index is 12.1. The minimum Gasteiger partial charge on any atom is -0.478 e. The Kier molecular flexibility index (Phi) is 7.63. The molecule has 0 aliphatic carbocycles. The van der Waals surface area contributed by atoms with Crippen LogP contribution in [-0.2, 0) is 0 Å².